The van der Waals surface area contributed by atoms with Crippen LogP contribution in [-0.2, 0) is 9.53 Å². The third-order valence-corrected chi connectivity index (χ3v) is 4.89. The molecule has 3 aromatic rings. The molecule has 0 saturated heterocycles. The summed E-state index contributed by atoms with van der Waals surface area (Å²) >= 11 is 12.1. The molecule has 0 fully saturated rings. The van der Waals surface area contributed by atoms with Gasteiger partial charge in [-0.1, -0.05) is 35.3 Å². The Hall–Kier alpha value is -3.89. The SMILES string of the molecule is CCOC(=O)c1cc(N=Nc2cc([N+](=O)[O-])ccc2Cl)c(-c2ccc(Cl)cc2)nc1NC(C)=O. The Bertz CT molecular complexity index is 1300. The average molecular weight is 502 g/mol. The van der Waals surface area contributed by atoms with Crippen LogP contribution in [0.2, 0.25) is 10.0 Å². The van der Waals surface area contributed by atoms with Gasteiger partial charge in [0.25, 0.3) is 5.69 Å². The summed E-state index contributed by atoms with van der Waals surface area (Å²) in [5.74, 6) is -1.20. The van der Waals surface area contributed by atoms with Gasteiger partial charge in [-0.2, -0.15) is 0 Å². The van der Waals surface area contributed by atoms with Crippen molar-refractivity contribution in [3.63, 3.8) is 0 Å². The molecule has 0 spiro atoms. The number of carbonyl (C=O) groups is 2. The second-order valence-electron chi connectivity index (χ2n) is 6.75. The minimum atomic E-state index is -0.730. The number of nitrogens with one attached hydrogen (secondary N) is 1. The summed E-state index contributed by atoms with van der Waals surface area (Å²) in [5.41, 5.74) is 0.726. The van der Waals surface area contributed by atoms with Crippen LogP contribution < -0.4 is 5.32 Å². The molecule has 1 aromatic heterocycles. The quantitative estimate of drug-likeness (QED) is 0.169. The fourth-order valence-corrected chi connectivity index (χ4v) is 3.11. The second kappa shape index (κ2) is 10.8. The molecule has 0 unspecified atom stereocenters. The Kier molecular flexibility index (Phi) is 7.87. The summed E-state index contributed by atoms with van der Waals surface area (Å²) in [6.07, 6.45) is 0. The lowest BCUT2D eigenvalue weighted by molar-refractivity contribution is -0.384. The number of nitrogens with zero attached hydrogens (tertiary/aromatic N) is 4. The lowest BCUT2D eigenvalue weighted by atomic mass is 10.1. The molecule has 3 rings (SSSR count). The van der Waals surface area contributed by atoms with E-state index >= 15 is 0 Å². The monoisotopic (exact) mass is 501 g/mol. The molecule has 0 radical (unpaired) electrons. The van der Waals surface area contributed by atoms with Gasteiger partial charge in [-0.15, -0.1) is 10.2 Å². The molecule has 0 aliphatic carbocycles. The third kappa shape index (κ3) is 5.91. The van der Waals surface area contributed by atoms with Gasteiger partial charge in [0.1, 0.15) is 28.5 Å². The van der Waals surface area contributed by atoms with Gasteiger partial charge in [0.05, 0.1) is 16.6 Å². The number of nitro groups is 1. The van der Waals surface area contributed by atoms with Gasteiger partial charge >= 0.3 is 5.97 Å². The number of anilines is 1. The average Bonchev–Trinajstić information content (AvgIpc) is 2.79. The Morgan fingerprint density at radius 1 is 1.09 bits per heavy atom. The van der Waals surface area contributed by atoms with Gasteiger partial charge < -0.3 is 10.1 Å². The van der Waals surface area contributed by atoms with Crippen LogP contribution in [0, 0.1) is 10.1 Å². The fraction of sp³-hybridized carbons (Fsp3) is 0.136. The first-order valence-electron chi connectivity index (χ1n) is 9.81. The highest BCUT2D eigenvalue weighted by molar-refractivity contribution is 6.33. The predicted octanol–water partition coefficient (Wildman–Crippen LogP) is 6.51. The number of carbonyl (C=O) groups excluding carboxylic acids is 2. The van der Waals surface area contributed by atoms with Gasteiger partial charge in [-0.25, -0.2) is 9.78 Å². The predicted molar refractivity (Wildman–Crippen MR) is 127 cm³/mol. The zero-order chi connectivity index (χ0) is 24.8. The van der Waals surface area contributed by atoms with E-state index in [9.17, 15) is 19.7 Å². The Balaban J connectivity index is 2.21. The van der Waals surface area contributed by atoms with E-state index in [-0.39, 0.29) is 45.8 Å². The molecule has 0 saturated carbocycles. The summed E-state index contributed by atoms with van der Waals surface area (Å²) in [6, 6.07) is 11.7. The van der Waals surface area contributed by atoms with Crippen molar-refractivity contribution in [1.82, 2.24) is 4.98 Å². The maximum Gasteiger partial charge on any atom is 0.341 e. The Labute approximate surface area is 203 Å². The van der Waals surface area contributed by atoms with Crippen LogP contribution in [0.4, 0.5) is 22.9 Å². The zero-order valence-corrected chi connectivity index (χ0v) is 19.4. The van der Waals surface area contributed by atoms with E-state index < -0.39 is 16.8 Å². The van der Waals surface area contributed by atoms with E-state index in [0.29, 0.717) is 10.6 Å². The normalized spacial score (nSPS) is 10.8. The van der Waals surface area contributed by atoms with Gasteiger partial charge in [-0.05, 0) is 31.2 Å². The number of hydrogen-bond donors (Lipinski definition) is 1. The number of azo groups is 1. The molecule has 0 aliphatic heterocycles. The molecule has 0 atom stereocenters. The number of benzene rings is 2. The molecule has 174 valence electrons. The minimum Gasteiger partial charge on any atom is -0.462 e. The summed E-state index contributed by atoms with van der Waals surface area (Å²) in [5, 5.41) is 22.4. The van der Waals surface area contributed by atoms with Gasteiger partial charge in [0, 0.05) is 29.6 Å². The van der Waals surface area contributed by atoms with Gasteiger partial charge in [0.15, 0.2) is 0 Å². The van der Waals surface area contributed by atoms with Crippen LogP contribution in [-0.4, -0.2) is 28.4 Å². The number of halogens is 2. The van der Waals surface area contributed by atoms with E-state index in [4.69, 9.17) is 27.9 Å². The maximum atomic E-state index is 12.5. The molecule has 1 heterocycles. The van der Waals surface area contributed by atoms with Crippen molar-refractivity contribution in [1.29, 1.82) is 0 Å². The first kappa shape index (κ1) is 24.7. The van der Waals surface area contributed by atoms with Crippen LogP contribution in [0.5, 0.6) is 0 Å². The zero-order valence-electron chi connectivity index (χ0n) is 17.9. The lowest BCUT2D eigenvalue weighted by Gasteiger charge is -2.13. The van der Waals surface area contributed by atoms with E-state index in [1.807, 2.05) is 0 Å². The molecule has 10 nitrogen and oxygen atoms in total. The summed E-state index contributed by atoms with van der Waals surface area (Å²) in [7, 11) is 0. The fourth-order valence-electron chi connectivity index (χ4n) is 2.82. The number of amides is 1. The van der Waals surface area contributed by atoms with E-state index in [1.54, 1.807) is 31.2 Å². The molecule has 1 amide bonds. The largest absolute Gasteiger partial charge is 0.462 e. The molecule has 1 N–H and O–H groups in total. The first-order valence-corrected chi connectivity index (χ1v) is 10.6. The molecular formula is C22H17Cl2N5O5. The van der Waals surface area contributed by atoms with Crippen molar-refractivity contribution in [3.05, 3.63) is 74.3 Å². The highest BCUT2D eigenvalue weighted by Crippen LogP contribution is 2.36. The van der Waals surface area contributed by atoms with Crippen LogP contribution >= 0.6 is 23.2 Å². The van der Waals surface area contributed by atoms with Crippen molar-refractivity contribution in [2.24, 2.45) is 10.2 Å². The Morgan fingerprint density at radius 3 is 2.38 bits per heavy atom. The number of hydrogen-bond acceptors (Lipinski definition) is 8. The van der Waals surface area contributed by atoms with Crippen LogP contribution in [0.1, 0.15) is 24.2 Å². The van der Waals surface area contributed by atoms with Crippen molar-refractivity contribution in [2.75, 3.05) is 11.9 Å². The van der Waals surface area contributed by atoms with E-state index in [0.717, 1.165) is 0 Å². The van der Waals surface area contributed by atoms with E-state index in [1.165, 1.54) is 31.2 Å². The smallest absolute Gasteiger partial charge is 0.341 e. The topological polar surface area (TPSA) is 136 Å². The molecule has 34 heavy (non-hydrogen) atoms. The van der Waals surface area contributed by atoms with E-state index in [2.05, 4.69) is 20.5 Å². The van der Waals surface area contributed by atoms with Crippen LogP contribution in [0.25, 0.3) is 11.3 Å². The maximum absolute atomic E-state index is 12.5. The molecule has 0 aliphatic rings. The number of aromatic nitrogens is 1. The van der Waals surface area contributed by atoms with Crippen molar-refractivity contribution in [2.45, 2.75) is 13.8 Å². The number of ether oxygens (including phenoxy) is 1. The van der Waals surface area contributed by atoms with Gasteiger partial charge in [0.2, 0.25) is 5.91 Å². The van der Waals surface area contributed by atoms with Crippen molar-refractivity contribution < 1.29 is 19.2 Å². The van der Waals surface area contributed by atoms with Crippen molar-refractivity contribution in [3.8, 4) is 11.3 Å². The standard InChI is InChI=1S/C22H17Cl2N5O5/c1-3-34-22(31)16-11-19(28-27-18-10-15(29(32)33)8-9-17(18)24)20(26-21(16)25-12(2)30)13-4-6-14(23)7-5-13/h4-11H,3H2,1-2H3,(H,25,26,30). The second-order valence-corrected chi connectivity index (χ2v) is 7.60. The van der Waals surface area contributed by atoms with Crippen LogP contribution in [0.15, 0.2) is 58.8 Å². The molecule has 2 aromatic carbocycles. The summed E-state index contributed by atoms with van der Waals surface area (Å²) in [6.45, 7) is 3.00. The first-order chi connectivity index (χ1) is 16.2. The third-order valence-electron chi connectivity index (χ3n) is 4.32. The minimum absolute atomic E-state index is 0.0248. The highest BCUT2D eigenvalue weighted by Gasteiger charge is 2.21. The van der Waals surface area contributed by atoms with Crippen LogP contribution in [0.3, 0.4) is 0 Å². The number of nitro benzene ring substituents is 1. The molecule has 0 bridgehead atoms. The summed E-state index contributed by atoms with van der Waals surface area (Å²) < 4.78 is 5.07. The van der Waals surface area contributed by atoms with Crippen molar-refractivity contribution >= 4 is 58.0 Å². The number of esters is 1. The summed E-state index contributed by atoms with van der Waals surface area (Å²) in [4.78, 5) is 39.2. The number of non-ortho nitro benzene ring substituents is 1. The molecular weight excluding hydrogens is 485 g/mol. The number of pyridine rings is 1. The molecule has 12 heteroatoms. The van der Waals surface area contributed by atoms with Gasteiger partial charge in [-0.3, -0.25) is 14.9 Å². The lowest BCUT2D eigenvalue weighted by Crippen LogP contribution is -2.15. The highest BCUT2D eigenvalue weighted by atomic mass is 35.5. The Morgan fingerprint density at radius 2 is 1.76 bits per heavy atom. The number of rotatable bonds is 7.